The monoisotopic (exact) mass is 352 g/mol. The summed E-state index contributed by atoms with van der Waals surface area (Å²) >= 11 is 0. The van der Waals surface area contributed by atoms with Crippen LogP contribution < -0.4 is 5.32 Å². The first-order valence-corrected chi connectivity index (χ1v) is 9.22. The molecule has 0 bridgehead atoms. The molecule has 4 nitrogen and oxygen atoms in total. The van der Waals surface area contributed by atoms with E-state index >= 15 is 0 Å². The average molecular weight is 352 g/mol. The average Bonchev–Trinajstić information content (AvgIpc) is 2.65. The van der Waals surface area contributed by atoms with Crippen molar-refractivity contribution in [1.82, 2.24) is 10.2 Å². The predicted molar refractivity (Wildman–Crippen MR) is 91.3 cm³/mol. The van der Waals surface area contributed by atoms with E-state index in [4.69, 9.17) is 4.74 Å². The summed E-state index contributed by atoms with van der Waals surface area (Å²) in [5.41, 5.74) is 0.285. The highest BCUT2D eigenvalue weighted by molar-refractivity contribution is 5.74. The fraction of sp³-hybridized carbons (Fsp3) is 0.632. The number of halogens is 2. The van der Waals surface area contributed by atoms with Crippen LogP contribution >= 0.6 is 0 Å². The van der Waals surface area contributed by atoms with E-state index in [1.54, 1.807) is 0 Å². The van der Waals surface area contributed by atoms with Crippen molar-refractivity contribution in [3.8, 4) is 0 Å². The molecule has 1 aromatic rings. The van der Waals surface area contributed by atoms with E-state index in [2.05, 4.69) is 5.32 Å². The molecule has 2 amide bonds. The number of hydrogen-bond acceptors (Lipinski definition) is 2. The van der Waals surface area contributed by atoms with Gasteiger partial charge < -0.3 is 15.0 Å². The molecule has 2 atom stereocenters. The number of hydrogen-bond donors (Lipinski definition) is 1. The Labute approximate surface area is 147 Å². The third-order valence-electron chi connectivity index (χ3n) is 5.16. The van der Waals surface area contributed by atoms with Crippen molar-refractivity contribution in [2.45, 2.75) is 44.6 Å². The number of ether oxygens (including phenoxy) is 1. The smallest absolute Gasteiger partial charge is 0.317 e. The number of rotatable bonds is 4. The third-order valence-corrected chi connectivity index (χ3v) is 5.16. The summed E-state index contributed by atoms with van der Waals surface area (Å²) < 4.78 is 32.6. The highest BCUT2D eigenvalue weighted by atomic mass is 19.1. The highest BCUT2D eigenvalue weighted by Crippen LogP contribution is 2.27. The Balaban J connectivity index is 1.46. The first kappa shape index (κ1) is 18.1. The number of urea groups is 1. The molecule has 0 radical (unpaired) electrons. The van der Waals surface area contributed by atoms with Crippen molar-refractivity contribution >= 4 is 6.03 Å². The summed E-state index contributed by atoms with van der Waals surface area (Å²) in [6, 6.07) is 3.26. The number of amides is 2. The van der Waals surface area contributed by atoms with Gasteiger partial charge in [0.15, 0.2) is 0 Å². The van der Waals surface area contributed by atoms with E-state index in [1.807, 2.05) is 4.90 Å². The number of likely N-dealkylation sites (tertiary alicyclic amines) is 1. The molecule has 0 aromatic heterocycles. The molecule has 1 N–H and O–H groups in total. The number of benzene rings is 1. The second-order valence-electron chi connectivity index (χ2n) is 6.97. The number of carbonyl (C=O) groups excluding carboxylic acids is 1. The fourth-order valence-electron chi connectivity index (χ4n) is 3.79. The molecule has 0 spiro atoms. The molecular weight excluding hydrogens is 326 g/mol. The Kier molecular flexibility index (Phi) is 6.24. The lowest BCUT2D eigenvalue weighted by Crippen LogP contribution is -2.48. The molecule has 2 fully saturated rings. The van der Waals surface area contributed by atoms with Gasteiger partial charge in [-0.1, -0.05) is 0 Å². The predicted octanol–water partition coefficient (Wildman–Crippen LogP) is 3.50. The zero-order valence-corrected chi connectivity index (χ0v) is 14.5. The molecule has 0 aliphatic carbocycles. The molecule has 2 saturated heterocycles. The van der Waals surface area contributed by atoms with Crippen molar-refractivity contribution in [3.05, 3.63) is 35.4 Å². The zero-order valence-electron chi connectivity index (χ0n) is 14.5. The molecule has 2 heterocycles. The molecular formula is C19H26F2N2O2. The lowest BCUT2D eigenvalue weighted by atomic mass is 9.88. The maximum absolute atomic E-state index is 13.6. The molecule has 2 aliphatic heterocycles. The standard InChI is InChI=1S/C19H26F2N2O2/c20-16-6-7-17(21)14(12-16)8-9-22-19(24)23-10-3-4-15(13-23)18-5-1-2-11-25-18/h6-7,12,15,18H,1-5,8-11,13H2,(H,22,24). The minimum Gasteiger partial charge on any atom is -0.378 e. The zero-order chi connectivity index (χ0) is 17.6. The van der Waals surface area contributed by atoms with E-state index in [-0.39, 0.29) is 24.1 Å². The number of nitrogens with one attached hydrogen (secondary N) is 1. The summed E-state index contributed by atoms with van der Waals surface area (Å²) in [4.78, 5) is 14.2. The van der Waals surface area contributed by atoms with Crippen LogP contribution in [0, 0.1) is 17.6 Å². The van der Waals surface area contributed by atoms with Gasteiger partial charge in [0.05, 0.1) is 6.10 Å². The van der Waals surface area contributed by atoms with Gasteiger partial charge in [-0.15, -0.1) is 0 Å². The highest BCUT2D eigenvalue weighted by Gasteiger charge is 2.30. The lowest BCUT2D eigenvalue weighted by Gasteiger charge is -2.38. The van der Waals surface area contributed by atoms with Gasteiger partial charge in [-0.3, -0.25) is 0 Å². The number of piperidine rings is 1. The maximum atomic E-state index is 13.6. The van der Waals surface area contributed by atoms with Crippen molar-refractivity contribution in [1.29, 1.82) is 0 Å². The molecule has 25 heavy (non-hydrogen) atoms. The van der Waals surface area contributed by atoms with E-state index < -0.39 is 11.6 Å². The third kappa shape index (κ3) is 4.91. The summed E-state index contributed by atoms with van der Waals surface area (Å²) in [6.07, 6.45) is 6.04. The van der Waals surface area contributed by atoms with Crippen molar-refractivity contribution in [2.75, 3.05) is 26.2 Å². The quantitative estimate of drug-likeness (QED) is 0.901. The molecule has 1 aromatic carbocycles. The fourth-order valence-corrected chi connectivity index (χ4v) is 3.79. The van der Waals surface area contributed by atoms with Crippen LogP contribution in [0.5, 0.6) is 0 Å². The van der Waals surface area contributed by atoms with Gasteiger partial charge in [0, 0.05) is 32.2 Å². The molecule has 2 unspecified atom stereocenters. The van der Waals surface area contributed by atoms with E-state index in [0.717, 1.165) is 51.0 Å². The van der Waals surface area contributed by atoms with Crippen molar-refractivity contribution in [2.24, 2.45) is 5.92 Å². The Morgan fingerprint density at radius 2 is 2.12 bits per heavy atom. The van der Waals surface area contributed by atoms with E-state index in [0.29, 0.717) is 19.0 Å². The first-order valence-electron chi connectivity index (χ1n) is 9.22. The van der Waals surface area contributed by atoms with Crippen LogP contribution in [0.15, 0.2) is 18.2 Å². The summed E-state index contributed by atoms with van der Waals surface area (Å²) in [5.74, 6) is -0.502. The Morgan fingerprint density at radius 3 is 2.92 bits per heavy atom. The maximum Gasteiger partial charge on any atom is 0.317 e. The van der Waals surface area contributed by atoms with E-state index in [9.17, 15) is 13.6 Å². The second-order valence-corrected chi connectivity index (χ2v) is 6.97. The van der Waals surface area contributed by atoms with Crippen molar-refractivity contribution in [3.63, 3.8) is 0 Å². The van der Waals surface area contributed by atoms with Gasteiger partial charge in [0.1, 0.15) is 11.6 Å². The van der Waals surface area contributed by atoms with Gasteiger partial charge in [-0.05, 0) is 62.3 Å². The molecule has 2 aliphatic rings. The van der Waals surface area contributed by atoms with Crippen molar-refractivity contribution < 1.29 is 18.3 Å². The number of nitrogens with zero attached hydrogens (tertiary/aromatic N) is 1. The van der Waals surface area contributed by atoms with Crippen LogP contribution in [0.3, 0.4) is 0 Å². The molecule has 3 rings (SSSR count). The second kappa shape index (κ2) is 8.61. The van der Waals surface area contributed by atoms with Gasteiger partial charge in [0.25, 0.3) is 0 Å². The minimum atomic E-state index is -0.464. The number of carbonyl (C=O) groups is 1. The van der Waals surface area contributed by atoms with Crippen LogP contribution in [-0.4, -0.2) is 43.3 Å². The lowest BCUT2D eigenvalue weighted by molar-refractivity contribution is -0.0365. The molecule has 138 valence electrons. The van der Waals surface area contributed by atoms with Crippen LogP contribution in [0.1, 0.15) is 37.7 Å². The summed E-state index contributed by atoms with van der Waals surface area (Å²) in [7, 11) is 0. The Hall–Kier alpha value is -1.69. The van der Waals surface area contributed by atoms with Crippen LogP contribution in [0.25, 0.3) is 0 Å². The summed E-state index contributed by atoms with van der Waals surface area (Å²) in [6.45, 7) is 2.57. The SMILES string of the molecule is O=C(NCCc1cc(F)ccc1F)N1CCCC(C2CCCCO2)C1. The van der Waals surface area contributed by atoms with Crippen LogP contribution in [-0.2, 0) is 11.2 Å². The minimum absolute atomic E-state index is 0.127. The Morgan fingerprint density at radius 1 is 1.24 bits per heavy atom. The van der Waals surface area contributed by atoms with Crippen LogP contribution in [0.4, 0.5) is 13.6 Å². The first-order chi connectivity index (χ1) is 12.1. The molecule has 6 heteroatoms. The van der Waals surface area contributed by atoms with E-state index in [1.165, 1.54) is 12.5 Å². The van der Waals surface area contributed by atoms with Gasteiger partial charge in [-0.2, -0.15) is 0 Å². The van der Waals surface area contributed by atoms with Gasteiger partial charge in [-0.25, -0.2) is 13.6 Å². The van der Waals surface area contributed by atoms with Gasteiger partial charge in [0.2, 0.25) is 0 Å². The molecule has 0 saturated carbocycles. The summed E-state index contributed by atoms with van der Waals surface area (Å²) in [5, 5.41) is 2.83. The van der Waals surface area contributed by atoms with Crippen LogP contribution in [0.2, 0.25) is 0 Å². The topological polar surface area (TPSA) is 41.6 Å². The Bertz CT molecular complexity index is 591. The normalized spacial score (nSPS) is 24.2. The van der Waals surface area contributed by atoms with Gasteiger partial charge >= 0.3 is 6.03 Å². The largest absolute Gasteiger partial charge is 0.378 e.